The maximum atomic E-state index is 13.1. The van der Waals surface area contributed by atoms with Crippen LogP contribution in [0.4, 0.5) is 10.1 Å². The van der Waals surface area contributed by atoms with Crippen molar-refractivity contribution in [2.75, 3.05) is 11.9 Å². The van der Waals surface area contributed by atoms with E-state index < -0.39 is 23.8 Å². The summed E-state index contributed by atoms with van der Waals surface area (Å²) in [6.45, 7) is 0.507. The lowest BCUT2D eigenvalue weighted by Crippen LogP contribution is -2.33. The van der Waals surface area contributed by atoms with Gasteiger partial charge >= 0.3 is 5.97 Å². The average molecular weight is 267 g/mol. The molecular weight excluding hydrogens is 253 g/mol. The molecule has 1 aliphatic rings. The van der Waals surface area contributed by atoms with Gasteiger partial charge in [-0.25, -0.2) is 9.18 Å². The van der Waals surface area contributed by atoms with Gasteiger partial charge < -0.3 is 15.2 Å². The minimum Gasteiger partial charge on any atom is -0.478 e. The zero-order valence-corrected chi connectivity index (χ0v) is 10.2. The van der Waals surface area contributed by atoms with Crippen LogP contribution < -0.4 is 5.32 Å². The number of anilines is 1. The number of carboxylic acid groups (broad SMARTS) is 1. The van der Waals surface area contributed by atoms with Crippen LogP contribution in [0.2, 0.25) is 0 Å². The van der Waals surface area contributed by atoms with Crippen LogP contribution in [0.15, 0.2) is 18.2 Å². The van der Waals surface area contributed by atoms with Crippen molar-refractivity contribution >= 4 is 17.6 Å². The minimum atomic E-state index is -1.22. The fourth-order valence-electron chi connectivity index (χ4n) is 1.97. The van der Waals surface area contributed by atoms with Crippen LogP contribution in [-0.4, -0.2) is 29.7 Å². The lowest BCUT2D eigenvalue weighted by atomic mass is 10.1. The van der Waals surface area contributed by atoms with Gasteiger partial charge in [-0.1, -0.05) is 0 Å². The van der Waals surface area contributed by atoms with Crippen molar-refractivity contribution < 1.29 is 23.8 Å². The zero-order chi connectivity index (χ0) is 13.8. The Morgan fingerprint density at radius 1 is 1.37 bits per heavy atom. The molecular formula is C13H14FNO4. The van der Waals surface area contributed by atoms with E-state index in [1.165, 1.54) is 0 Å². The summed E-state index contributed by atoms with van der Waals surface area (Å²) in [6.07, 6.45) is 1.78. The van der Waals surface area contributed by atoms with E-state index in [0.717, 1.165) is 31.0 Å². The van der Waals surface area contributed by atoms with Crippen molar-refractivity contribution in [3.63, 3.8) is 0 Å². The second kappa shape index (κ2) is 5.79. The Bertz CT molecular complexity index is 497. The highest BCUT2D eigenvalue weighted by Gasteiger charge is 2.23. The molecule has 0 radical (unpaired) electrons. The molecule has 1 unspecified atom stereocenters. The number of hydrogen-bond donors (Lipinski definition) is 2. The Morgan fingerprint density at radius 2 is 2.16 bits per heavy atom. The number of nitrogens with one attached hydrogen (secondary N) is 1. The van der Waals surface area contributed by atoms with E-state index in [0.29, 0.717) is 13.0 Å². The molecule has 2 N–H and O–H groups in total. The van der Waals surface area contributed by atoms with Crippen LogP contribution in [0.1, 0.15) is 29.6 Å². The van der Waals surface area contributed by atoms with Gasteiger partial charge in [-0.2, -0.15) is 0 Å². The lowest BCUT2D eigenvalue weighted by Gasteiger charge is -2.22. The molecule has 1 atom stereocenters. The predicted molar refractivity (Wildman–Crippen MR) is 65.6 cm³/mol. The van der Waals surface area contributed by atoms with Gasteiger partial charge in [0.2, 0.25) is 0 Å². The number of hydrogen-bond acceptors (Lipinski definition) is 3. The molecule has 1 amide bonds. The maximum Gasteiger partial charge on any atom is 0.337 e. The van der Waals surface area contributed by atoms with E-state index in [-0.39, 0.29) is 11.3 Å². The van der Waals surface area contributed by atoms with E-state index in [1.807, 2.05) is 0 Å². The SMILES string of the molecule is O=C(O)c1ccc(F)cc1NC(=O)C1CCCCO1. The van der Waals surface area contributed by atoms with Crippen molar-refractivity contribution in [1.82, 2.24) is 0 Å². The molecule has 1 aromatic rings. The normalized spacial score (nSPS) is 18.9. The highest BCUT2D eigenvalue weighted by molar-refractivity contribution is 6.01. The molecule has 1 fully saturated rings. The van der Waals surface area contributed by atoms with Crippen LogP contribution in [0.5, 0.6) is 0 Å². The second-order valence-corrected chi connectivity index (χ2v) is 4.34. The molecule has 1 aromatic carbocycles. The summed E-state index contributed by atoms with van der Waals surface area (Å²) in [6, 6.07) is 3.15. The molecule has 0 aromatic heterocycles. The van der Waals surface area contributed by atoms with E-state index >= 15 is 0 Å². The first-order valence-corrected chi connectivity index (χ1v) is 6.03. The van der Waals surface area contributed by atoms with E-state index in [2.05, 4.69) is 5.32 Å². The van der Waals surface area contributed by atoms with Gasteiger partial charge in [0, 0.05) is 6.61 Å². The van der Waals surface area contributed by atoms with Crippen LogP contribution in [0.3, 0.4) is 0 Å². The Hall–Kier alpha value is -1.95. The summed E-state index contributed by atoms with van der Waals surface area (Å²) in [7, 11) is 0. The first-order valence-electron chi connectivity index (χ1n) is 6.03. The largest absolute Gasteiger partial charge is 0.478 e. The van der Waals surface area contributed by atoms with Crippen LogP contribution in [0.25, 0.3) is 0 Å². The molecule has 2 rings (SSSR count). The molecule has 102 valence electrons. The van der Waals surface area contributed by atoms with Gasteiger partial charge in [-0.05, 0) is 37.5 Å². The quantitative estimate of drug-likeness (QED) is 0.878. The van der Waals surface area contributed by atoms with Gasteiger partial charge in [-0.15, -0.1) is 0 Å². The number of rotatable bonds is 3. The molecule has 19 heavy (non-hydrogen) atoms. The number of benzene rings is 1. The van der Waals surface area contributed by atoms with E-state index in [1.54, 1.807) is 0 Å². The van der Waals surface area contributed by atoms with Crippen LogP contribution in [-0.2, 0) is 9.53 Å². The first kappa shape index (κ1) is 13.5. The van der Waals surface area contributed by atoms with E-state index in [4.69, 9.17) is 9.84 Å². The van der Waals surface area contributed by atoms with Crippen LogP contribution >= 0.6 is 0 Å². The standard InChI is InChI=1S/C13H14FNO4/c14-8-4-5-9(13(17)18)10(7-8)15-12(16)11-3-1-2-6-19-11/h4-5,7,11H,1-3,6H2,(H,15,16)(H,17,18). The van der Waals surface area contributed by atoms with Gasteiger partial charge in [0.25, 0.3) is 5.91 Å². The Morgan fingerprint density at radius 3 is 2.79 bits per heavy atom. The number of halogens is 1. The molecule has 0 aliphatic carbocycles. The van der Waals surface area contributed by atoms with Crippen LogP contribution in [0, 0.1) is 5.82 Å². The lowest BCUT2D eigenvalue weighted by molar-refractivity contribution is -0.129. The third-order valence-electron chi connectivity index (χ3n) is 2.94. The van der Waals surface area contributed by atoms with Crippen molar-refractivity contribution in [1.29, 1.82) is 0 Å². The smallest absolute Gasteiger partial charge is 0.337 e. The monoisotopic (exact) mass is 267 g/mol. The first-order chi connectivity index (χ1) is 9.08. The van der Waals surface area contributed by atoms with Gasteiger partial charge in [0.1, 0.15) is 11.9 Å². The van der Waals surface area contributed by atoms with Gasteiger partial charge in [-0.3, -0.25) is 4.79 Å². The average Bonchev–Trinajstić information content (AvgIpc) is 2.39. The Labute approximate surface area is 109 Å². The highest BCUT2D eigenvalue weighted by atomic mass is 19.1. The van der Waals surface area contributed by atoms with Gasteiger partial charge in [0.05, 0.1) is 11.3 Å². The third kappa shape index (κ3) is 3.29. The summed E-state index contributed by atoms with van der Waals surface area (Å²) in [5, 5.41) is 11.4. The highest BCUT2D eigenvalue weighted by Crippen LogP contribution is 2.20. The Balaban J connectivity index is 2.15. The topological polar surface area (TPSA) is 75.6 Å². The third-order valence-corrected chi connectivity index (χ3v) is 2.94. The van der Waals surface area contributed by atoms with Crippen molar-refractivity contribution in [3.8, 4) is 0 Å². The van der Waals surface area contributed by atoms with Crippen molar-refractivity contribution in [3.05, 3.63) is 29.6 Å². The number of amides is 1. The second-order valence-electron chi connectivity index (χ2n) is 4.34. The number of carbonyl (C=O) groups is 2. The van der Waals surface area contributed by atoms with Crippen molar-refractivity contribution in [2.24, 2.45) is 0 Å². The maximum absolute atomic E-state index is 13.1. The summed E-state index contributed by atoms with van der Waals surface area (Å²) >= 11 is 0. The molecule has 0 saturated carbocycles. The Kier molecular flexibility index (Phi) is 4.11. The van der Waals surface area contributed by atoms with Gasteiger partial charge in [0.15, 0.2) is 0 Å². The zero-order valence-electron chi connectivity index (χ0n) is 10.2. The molecule has 5 nitrogen and oxygen atoms in total. The number of ether oxygens (including phenoxy) is 1. The molecule has 1 heterocycles. The summed E-state index contributed by atoms with van der Waals surface area (Å²) in [4.78, 5) is 22.9. The number of aromatic carboxylic acids is 1. The molecule has 0 spiro atoms. The minimum absolute atomic E-state index is 0.0494. The fraction of sp³-hybridized carbons (Fsp3) is 0.385. The summed E-state index contributed by atoms with van der Waals surface area (Å²) < 4.78 is 18.4. The van der Waals surface area contributed by atoms with E-state index in [9.17, 15) is 14.0 Å². The molecule has 0 bridgehead atoms. The fourth-order valence-corrected chi connectivity index (χ4v) is 1.97. The number of carboxylic acids is 1. The summed E-state index contributed by atoms with van der Waals surface area (Å²) in [5.74, 6) is -2.27. The molecule has 6 heteroatoms. The predicted octanol–water partition coefficient (Wildman–Crippen LogP) is 2.03. The molecule has 1 saturated heterocycles. The van der Waals surface area contributed by atoms with Crippen molar-refractivity contribution in [2.45, 2.75) is 25.4 Å². The molecule has 1 aliphatic heterocycles. The number of carbonyl (C=O) groups excluding carboxylic acids is 1. The summed E-state index contributed by atoms with van der Waals surface area (Å²) in [5.41, 5.74) is -0.197.